The Morgan fingerprint density at radius 1 is 1.07 bits per heavy atom. The van der Waals surface area contributed by atoms with Crippen molar-refractivity contribution in [3.05, 3.63) is 0 Å². The first-order chi connectivity index (χ1) is 6.16. The predicted molar refractivity (Wildman–Crippen MR) is 47.1 cm³/mol. The Hall–Kier alpha value is -0.408. The van der Waals surface area contributed by atoms with Crippen molar-refractivity contribution in [1.82, 2.24) is 0 Å². The summed E-state index contributed by atoms with van der Waals surface area (Å²) in [5.74, 6) is -1.54. The van der Waals surface area contributed by atoms with E-state index < -0.39 is 12.4 Å². The van der Waals surface area contributed by atoms with Crippen LogP contribution in [-0.4, -0.2) is 43.3 Å². The summed E-state index contributed by atoms with van der Waals surface area (Å²) in [6, 6.07) is 0. The van der Waals surface area contributed by atoms with Crippen molar-refractivity contribution in [2.24, 2.45) is 0 Å². The molecule has 0 atom stereocenters. The molecular formula is C8H15AlO5. The van der Waals surface area contributed by atoms with Crippen LogP contribution in [0, 0.1) is 0 Å². The zero-order chi connectivity index (χ0) is 11.3. The number of hydrogen-bond acceptors (Lipinski definition) is 5. The molecule has 0 aliphatic rings. The van der Waals surface area contributed by atoms with Crippen molar-refractivity contribution >= 4 is 29.1 Å². The maximum atomic E-state index is 10.4. The van der Waals surface area contributed by atoms with Gasteiger partial charge in [-0.3, -0.25) is 4.79 Å². The van der Waals surface area contributed by atoms with Crippen LogP contribution in [0.2, 0.25) is 0 Å². The number of rotatable bonds is 4. The molecule has 0 saturated heterocycles. The van der Waals surface area contributed by atoms with Gasteiger partial charge in [0.15, 0.2) is 0 Å². The molecule has 0 aromatic rings. The number of carbonyl (C=O) groups is 2. The maximum Gasteiger partial charge on any atom is 3.00 e. The molecule has 0 aromatic carbocycles. The Morgan fingerprint density at radius 2 is 1.43 bits per heavy atom. The molecule has 0 bridgehead atoms. The second kappa shape index (κ2) is 22.9. The summed E-state index contributed by atoms with van der Waals surface area (Å²) < 4.78 is 0. The minimum Gasteiger partial charge on any atom is -0.857 e. The number of Topliss-reactive ketones (excluding diaryl/α,β-unsaturated/α-hetero) is 1. The Morgan fingerprint density at radius 3 is 1.64 bits per heavy atom. The van der Waals surface area contributed by atoms with E-state index >= 15 is 0 Å². The standard InChI is InChI=1S/C6H10O3.2CH3O.Al/c1-2-3-5(7)4-6(8)9;2*1-2;/h2-4H2,1H3,(H,8,9);2*1H3;/q;2*-1;+3/p-1. The van der Waals surface area contributed by atoms with Crippen molar-refractivity contribution in [2.75, 3.05) is 14.2 Å². The molecule has 0 amide bonds. The smallest absolute Gasteiger partial charge is 0.857 e. The van der Waals surface area contributed by atoms with Crippen molar-refractivity contribution < 1.29 is 24.9 Å². The number of hydrogen-bond donors (Lipinski definition) is 0. The molecule has 6 heteroatoms. The zero-order valence-electron chi connectivity index (χ0n) is 8.74. The van der Waals surface area contributed by atoms with Gasteiger partial charge in [0.25, 0.3) is 0 Å². The zero-order valence-corrected chi connectivity index (χ0v) is 9.89. The van der Waals surface area contributed by atoms with Gasteiger partial charge in [0.2, 0.25) is 0 Å². The third-order valence-corrected chi connectivity index (χ3v) is 0.870. The predicted octanol–water partition coefficient (Wildman–Crippen LogP) is -2.93. The second-order valence-corrected chi connectivity index (χ2v) is 1.84. The van der Waals surface area contributed by atoms with Crippen molar-refractivity contribution in [3.8, 4) is 0 Å². The molecule has 0 aromatic heterocycles. The van der Waals surface area contributed by atoms with Gasteiger partial charge in [-0.15, -0.1) is 0 Å². The van der Waals surface area contributed by atoms with Crippen LogP contribution in [-0.2, 0) is 9.59 Å². The Labute approximate surface area is 94.9 Å². The van der Waals surface area contributed by atoms with E-state index in [1.807, 2.05) is 6.92 Å². The Balaban J connectivity index is -0.0000000883. The first-order valence-corrected chi connectivity index (χ1v) is 3.70. The normalized spacial score (nSPS) is 6.64. The fraction of sp³-hybridized carbons (Fsp3) is 0.750. The van der Waals surface area contributed by atoms with Crippen molar-refractivity contribution in [2.45, 2.75) is 26.2 Å². The van der Waals surface area contributed by atoms with E-state index in [9.17, 15) is 14.7 Å². The molecule has 0 spiro atoms. The minimum atomic E-state index is -1.28. The molecule has 0 aliphatic carbocycles. The topological polar surface area (TPSA) is 103 Å². The van der Waals surface area contributed by atoms with Gasteiger partial charge in [0.1, 0.15) is 5.78 Å². The van der Waals surface area contributed by atoms with Gasteiger partial charge in [-0.05, 0) is 6.42 Å². The van der Waals surface area contributed by atoms with Crippen molar-refractivity contribution in [1.29, 1.82) is 0 Å². The van der Waals surface area contributed by atoms with Crippen LogP contribution in [0.15, 0.2) is 0 Å². The van der Waals surface area contributed by atoms with E-state index in [-0.39, 0.29) is 23.1 Å². The average molecular weight is 218 g/mol. The molecule has 80 valence electrons. The fourth-order valence-electron chi connectivity index (χ4n) is 0.528. The second-order valence-electron chi connectivity index (χ2n) is 1.84. The van der Waals surface area contributed by atoms with Gasteiger partial charge in [-0.2, -0.15) is 14.2 Å². The third kappa shape index (κ3) is 29.9. The molecule has 0 saturated carbocycles. The maximum absolute atomic E-state index is 10.4. The van der Waals surface area contributed by atoms with Crippen molar-refractivity contribution in [3.63, 3.8) is 0 Å². The van der Waals surface area contributed by atoms with E-state index in [0.717, 1.165) is 14.2 Å². The van der Waals surface area contributed by atoms with Gasteiger partial charge < -0.3 is 20.1 Å². The molecule has 5 nitrogen and oxygen atoms in total. The molecule has 0 unspecified atom stereocenters. The summed E-state index contributed by atoms with van der Waals surface area (Å²) in [6.07, 6.45) is 0.605. The van der Waals surface area contributed by atoms with Crippen LogP contribution < -0.4 is 15.3 Å². The van der Waals surface area contributed by atoms with Gasteiger partial charge in [0.05, 0.1) is 0 Å². The van der Waals surface area contributed by atoms with E-state index in [0.29, 0.717) is 12.8 Å². The fourth-order valence-corrected chi connectivity index (χ4v) is 0.528. The number of carboxylic acids is 1. The van der Waals surface area contributed by atoms with E-state index in [1.54, 1.807) is 0 Å². The minimum absolute atomic E-state index is 0. The average Bonchev–Trinajstić information content (AvgIpc) is 2.10. The van der Waals surface area contributed by atoms with E-state index in [2.05, 4.69) is 0 Å². The number of aliphatic carboxylic acids is 1. The summed E-state index contributed by atoms with van der Waals surface area (Å²) in [7, 11) is 1.50. The van der Waals surface area contributed by atoms with Gasteiger partial charge in [-0.1, -0.05) is 6.92 Å². The summed E-state index contributed by atoms with van der Waals surface area (Å²) >= 11 is 0. The quantitative estimate of drug-likeness (QED) is 0.371. The van der Waals surface area contributed by atoms with Gasteiger partial charge >= 0.3 is 17.4 Å². The van der Waals surface area contributed by atoms with Crippen LogP contribution in [0.1, 0.15) is 26.2 Å². The molecule has 0 radical (unpaired) electrons. The third-order valence-electron chi connectivity index (χ3n) is 0.870. The number of carbonyl (C=O) groups excluding carboxylic acids is 2. The molecule has 0 heterocycles. The summed E-state index contributed by atoms with van der Waals surface area (Å²) in [6.45, 7) is 1.83. The largest absolute Gasteiger partial charge is 3.00 e. The SMILES string of the molecule is CCCC(=O)CC(=O)[O-].C[O-].C[O-].[Al+3]. The van der Waals surface area contributed by atoms with Crippen LogP contribution >= 0.6 is 0 Å². The van der Waals surface area contributed by atoms with Gasteiger partial charge in [0, 0.05) is 18.8 Å². The van der Waals surface area contributed by atoms with Crippen LogP contribution in [0.5, 0.6) is 0 Å². The molecular weight excluding hydrogens is 203 g/mol. The number of ketones is 1. The number of carboxylic acid groups (broad SMARTS) is 1. The first kappa shape index (κ1) is 23.4. The van der Waals surface area contributed by atoms with E-state index in [1.165, 1.54) is 0 Å². The van der Waals surface area contributed by atoms with Crippen LogP contribution in [0.25, 0.3) is 0 Å². The molecule has 0 fully saturated rings. The summed E-state index contributed by atoms with van der Waals surface area (Å²) in [4.78, 5) is 20.2. The van der Waals surface area contributed by atoms with Crippen LogP contribution in [0.4, 0.5) is 0 Å². The first-order valence-electron chi connectivity index (χ1n) is 3.70. The monoisotopic (exact) mass is 218 g/mol. The molecule has 14 heavy (non-hydrogen) atoms. The van der Waals surface area contributed by atoms with Gasteiger partial charge in [-0.25, -0.2) is 0 Å². The summed E-state index contributed by atoms with van der Waals surface area (Å²) in [5, 5.41) is 26.3. The Bertz CT molecular complexity index is 127. The summed E-state index contributed by atoms with van der Waals surface area (Å²) in [5.41, 5.74) is 0. The van der Waals surface area contributed by atoms with E-state index in [4.69, 9.17) is 10.2 Å². The van der Waals surface area contributed by atoms with Crippen LogP contribution in [0.3, 0.4) is 0 Å². The molecule has 0 N–H and O–H groups in total. The molecule has 0 aliphatic heterocycles. The Kier molecular flexibility index (Phi) is 38.3. The molecule has 0 rings (SSSR count).